The smallest absolute Gasteiger partial charge is 0.274 e. The predicted molar refractivity (Wildman–Crippen MR) is 191 cm³/mol. The van der Waals surface area contributed by atoms with Gasteiger partial charge in [-0.05, 0) is 42.5 Å². The van der Waals surface area contributed by atoms with Gasteiger partial charge < -0.3 is 49.5 Å². The molecule has 6 N–H and O–H groups in total. The van der Waals surface area contributed by atoms with Gasteiger partial charge in [-0.2, -0.15) is 0 Å². The van der Waals surface area contributed by atoms with E-state index in [0.29, 0.717) is 61.6 Å². The van der Waals surface area contributed by atoms with Gasteiger partial charge >= 0.3 is 0 Å². The number of nitrogens with zero attached hydrogens (tertiary/aromatic N) is 2. The molecule has 1 atom stereocenters. The first-order valence-electron chi connectivity index (χ1n) is 15.6. The monoisotopic (exact) mass is 715 g/mol. The van der Waals surface area contributed by atoms with E-state index >= 15 is 0 Å². The summed E-state index contributed by atoms with van der Waals surface area (Å²) >= 11 is 7.51. The fraction of sp³-hybridized carbons (Fsp3) is 0.229. The topological polar surface area (TPSA) is 184 Å². The van der Waals surface area contributed by atoms with Crippen LogP contribution in [0.1, 0.15) is 48.5 Å². The molecule has 0 spiro atoms. The number of rotatable bonds is 6. The van der Waals surface area contributed by atoms with Gasteiger partial charge in [0.2, 0.25) is 5.12 Å². The van der Waals surface area contributed by atoms with Crippen molar-refractivity contribution < 1.29 is 39.2 Å². The van der Waals surface area contributed by atoms with Gasteiger partial charge in [0.15, 0.2) is 23.0 Å². The maximum Gasteiger partial charge on any atom is 0.274 e. The van der Waals surface area contributed by atoms with Crippen LogP contribution in [-0.2, 0) is 6.42 Å². The number of amides is 2. The third-order valence-corrected chi connectivity index (χ3v) is 10.6. The summed E-state index contributed by atoms with van der Waals surface area (Å²) in [5.74, 6) is -1.03. The van der Waals surface area contributed by atoms with Crippen molar-refractivity contribution in [2.75, 3.05) is 49.2 Å². The van der Waals surface area contributed by atoms with Crippen molar-refractivity contribution in [1.82, 2.24) is 15.0 Å². The predicted octanol–water partition coefficient (Wildman–Crippen LogP) is 5.95. The average molecular weight is 716 g/mol. The number of ether oxygens (including phenoxy) is 2. The highest BCUT2D eigenvalue weighted by atomic mass is 35.5. The highest BCUT2D eigenvalue weighted by Gasteiger charge is 2.38. The average Bonchev–Trinajstić information content (AvgIpc) is 3.94. The zero-order valence-electron chi connectivity index (χ0n) is 26.9. The zero-order valence-corrected chi connectivity index (χ0v) is 28.5. The molecule has 3 aromatic heterocycles. The maximum atomic E-state index is 14.2. The lowest BCUT2D eigenvalue weighted by Gasteiger charge is -2.19. The fourth-order valence-electron chi connectivity index (χ4n) is 7.35. The molecule has 0 bridgehead atoms. The number of anilines is 2. The van der Waals surface area contributed by atoms with Gasteiger partial charge in [-0.1, -0.05) is 11.8 Å². The van der Waals surface area contributed by atoms with E-state index in [4.69, 9.17) is 21.1 Å². The van der Waals surface area contributed by atoms with Crippen LogP contribution in [0.5, 0.6) is 28.7 Å². The normalized spacial score (nSPS) is 15.3. The number of nitrogens with one attached hydrogen (secondary N) is 3. The third kappa shape index (κ3) is 4.51. The van der Waals surface area contributed by atoms with Gasteiger partial charge in [-0.15, -0.1) is 11.6 Å². The van der Waals surface area contributed by atoms with Crippen molar-refractivity contribution in [3.63, 3.8) is 0 Å². The van der Waals surface area contributed by atoms with Crippen LogP contribution in [-0.4, -0.2) is 86.6 Å². The minimum atomic E-state index is -0.453. The molecule has 8 rings (SSSR count). The SMILES string of the molecule is COc1cc2[nH]c(C(=O)N3CC(CCl)c4c3cc(O)c3cc(C(=O)N5CCc6c5c(O)c(OC)c5[nH]c(C(=O)SC)cc65)[nH]c43)cc2cc1O. The Morgan fingerprint density at radius 3 is 2.32 bits per heavy atom. The van der Waals surface area contributed by atoms with Crippen LogP contribution in [0.25, 0.3) is 32.7 Å². The number of aromatic nitrogens is 3. The van der Waals surface area contributed by atoms with Crippen molar-refractivity contribution in [1.29, 1.82) is 0 Å². The van der Waals surface area contributed by atoms with Crippen molar-refractivity contribution in [3.8, 4) is 28.7 Å². The molecule has 6 aromatic rings. The molecular weight excluding hydrogens is 686 g/mol. The minimum Gasteiger partial charge on any atom is -0.507 e. The van der Waals surface area contributed by atoms with E-state index in [9.17, 15) is 29.7 Å². The van der Waals surface area contributed by atoms with E-state index in [0.717, 1.165) is 11.8 Å². The van der Waals surface area contributed by atoms with Gasteiger partial charge in [-0.25, -0.2) is 0 Å². The Morgan fingerprint density at radius 2 is 1.60 bits per heavy atom. The Bertz CT molecular complexity index is 2450. The second-order valence-electron chi connectivity index (χ2n) is 12.2. The lowest BCUT2D eigenvalue weighted by Crippen LogP contribution is -2.30. The first kappa shape index (κ1) is 31.8. The van der Waals surface area contributed by atoms with Gasteiger partial charge in [0.1, 0.15) is 17.1 Å². The molecule has 3 aromatic carbocycles. The summed E-state index contributed by atoms with van der Waals surface area (Å²) in [5.41, 5.74) is 4.43. The number of aromatic amines is 3. The van der Waals surface area contributed by atoms with E-state index in [1.807, 2.05) is 0 Å². The summed E-state index contributed by atoms with van der Waals surface area (Å²) < 4.78 is 10.7. The van der Waals surface area contributed by atoms with E-state index < -0.39 is 5.91 Å². The summed E-state index contributed by atoms with van der Waals surface area (Å²) in [4.78, 5) is 52.9. The summed E-state index contributed by atoms with van der Waals surface area (Å²) in [7, 11) is 2.84. The summed E-state index contributed by atoms with van der Waals surface area (Å²) in [6.07, 6.45) is 2.10. The largest absolute Gasteiger partial charge is 0.507 e. The van der Waals surface area contributed by atoms with E-state index in [1.54, 1.807) is 30.5 Å². The Balaban J connectivity index is 1.18. The van der Waals surface area contributed by atoms with Crippen LogP contribution in [0.3, 0.4) is 0 Å². The number of carbonyl (C=O) groups is 3. The number of aromatic hydroxyl groups is 3. The molecule has 15 heteroatoms. The highest BCUT2D eigenvalue weighted by molar-refractivity contribution is 8.13. The summed E-state index contributed by atoms with van der Waals surface area (Å²) in [6.45, 7) is 0.477. The number of alkyl halides is 1. The van der Waals surface area contributed by atoms with Crippen LogP contribution in [0, 0.1) is 0 Å². The molecule has 0 saturated carbocycles. The Kier molecular flexibility index (Phi) is 7.35. The van der Waals surface area contributed by atoms with Gasteiger partial charge in [-0.3, -0.25) is 14.4 Å². The van der Waals surface area contributed by atoms with Gasteiger partial charge in [0.25, 0.3) is 11.8 Å². The number of methoxy groups -OCH3 is 2. The van der Waals surface area contributed by atoms with E-state index in [1.165, 1.54) is 36.2 Å². The number of benzene rings is 3. The van der Waals surface area contributed by atoms with Gasteiger partial charge in [0.05, 0.1) is 42.3 Å². The molecule has 50 heavy (non-hydrogen) atoms. The summed E-state index contributed by atoms with van der Waals surface area (Å²) in [6, 6.07) is 9.51. The second-order valence-corrected chi connectivity index (χ2v) is 13.3. The van der Waals surface area contributed by atoms with Crippen molar-refractivity contribution in [3.05, 3.63) is 64.6 Å². The van der Waals surface area contributed by atoms with Crippen LogP contribution < -0.4 is 19.3 Å². The quantitative estimate of drug-likeness (QED) is 0.113. The van der Waals surface area contributed by atoms with Crippen LogP contribution in [0.4, 0.5) is 11.4 Å². The third-order valence-electron chi connectivity index (χ3n) is 9.63. The molecule has 13 nitrogen and oxygen atoms in total. The van der Waals surface area contributed by atoms with Crippen LogP contribution >= 0.6 is 23.4 Å². The number of phenols is 3. The Labute approximate surface area is 292 Å². The molecular formula is C35H30ClN5O8S. The molecule has 2 amide bonds. The fourth-order valence-corrected chi connectivity index (χ4v) is 7.93. The molecule has 0 radical (unpaired) electrons. The second kappa shape index (κ2) is 11.6. The Hall–Kier alpha value is -5.47. The number of phenolic OH excluding ortho intramolecular Hbond substituents is 3. The van der Waals surface area contributed by atoms with Crippen molar-refractivity contribution in [2.45, 2.75) is 12.3 Å². The van der Waals surface area contributed by atoms with Crippen molar-refractivity contribution >= 4 is 84.4 Å². The molecule has 5 heterocycles. The standard InChI is InChI=1S/C35H30ClN5O8S/c1-48-26-10-19-14(7-25(26)43)6-20(37-19)34(46)41-13-15(12-36)27-23(41)11-24(42)18-9-21(38-28(18)27)33(45)40-5-4-16-17-8-22(35(47)50-3)39-29(17)32(49-2)31(44)30(16)40/h6-11,15,37-39,42-44H,4-5,12-13H2,1-3H3. The number of hydrogen-bond acceptors (Lipinski definition) is 9. The summed E-state index contributed by atoms with van der Waals surface area (Å²) in [5, 5.41) is 34.3. The maximum absolute atomic E-state index is 14.2. The Morgan fingerprint density at radius 1 is 0.880 bits per heavy atom. The number of hydrogen-bond donors (Lipinski definition) is 6. The minimum absolute atomic E-state index is 0.0579. The zero-order chi connectivity index (χ0) is 35.2. The van der Waals surface area contributed by atoms with Gasteiger partial charge in [0, 0.05) is 64.3 Å². The number of thioether (sulfide) groups is 1. The molecule has 0 saturated heterocycles. The number of H-pyrrole nitrogens is 3. The first-order valence-corrected chi connectivity index (χ1v) is 17.3. The molecule has 2 aliphatic rings. The van der Waals surface area contributed by atoms with Crippen LogP contribution in [0.2, 0.25) is 0 Å². The first-order chi connectivity index (χ1) is 24.1. The van der Waals surface area contributed by atoms with Crippen LogP contribution in [0.15, 0.2) is 36.4 Å². The van der Waals surface area contributed by atoms with Crippen molar-refractivity contribution in [2.24, 2.45) is 0 Å². The lowest BCUT2D eigenvalue weighted by atomic mass is 10.00. The molecule has 256 valence electrons. The lowest BCUT2D eigenvalue weighted by molar-refractivity contribution is 0.0977. The number of halogens is 1. The number of carbonyl (C=O) groups excluding carboxylic acids is 3. The molecule has 0 aliphatic carbocycles. The molecule has 0 fully saturated rings. The highest BCUT2D eigenvalue weighted by Crippen LogP contribution is 2.50. The van der Waals surface area contributed by atoms with E-state index in [2.05, 4.69) is 15.0 Å². The van der Waals surface area contributed by atoms with E-state index in [-0.39, 0.29) is 81.7 Å². The molecule has 2 aliphatic heterocycles. The number of fused-ring (bicyclic) bond motifs is 7. The molecule has 1 unspecified atom stereocenters.